The van der Waals surface area contributed by atoms with Gasteiger partial charge in [0.15, 0.2) is 0 Å². The minimum atomic E-state index is -1.14. The number of halogens is 2. The summed E-state index contributed by atoms with van der Waals surface area (Å²) in [5.74, 6) is 0.0917. The van der Waals surface area contributed by atoms with E-state index in [0.717, 1.165) is 16.2 Å². The van der Waals surface area contributed by atoms with Crippen molar-refractivity contribution < 1.29 is 23.8 Å². The number of carboxylic acid groups (broad SMARTS) is 1. The Morgan fingerprint density at radius 1 is 1.23 bits per heavy atom. The van der Waals surface area contributed by atoms with E-state index in [4.69, 9.17) is 25.5 Å². The zero-order valence-corrected chi connectivity index (χ0v) is 19.9. The fraction of sp³-hybridized carbons (Fsp3) is 0.190. The second-order valence-electron chi connectivity index (χ2n) is 6.48. The van der Waals surface area contributed by atoms with E-state index in [2.05, 4.69) is 26.1 Å². The third-order valence-corrected chi connectivity index (χ3v) is 5.41. The molecular weight excluding hydrogens is 508 g/mol. The summed E-state index contributed by atoms with van der Waals surface area (Å²) in [6, 6.07) is 10.4. The second-order valence-corrected chi connectivity index (χ2v) is 8.83. The van der Waals surface area contributed by atoms with Gasteiger partial charge in [0.1, 0.15) is 16.4 Å². The van der Waals surface area contributed by atoms with Gasteiger partial charge in [0, 0.05) is 15.1 Å². The maximum atomic E-state index is 11.9. The molecule has 0 saturated heterocycles. The number of methoxy groups -OCH3 is 1. The molecule has 0 amide bonds. The van der Waals surface area contributed by atoms with E-state index < -0.39 is 5.97 Å². The van der Waals surface area contributed by atoms with Crippen LogP contribution in [0.1, 0.15) is 19.4 Å². The van der Waals surface area contributed by atoms with E-state index in [-0.39, 0.29) is 22.1 Å². The monoisotopic (exact) mass is 524 g/mol. The number of rotatable bonds is 8. The molecule has 0 aliphatic rings. The zero-order chi connectivity index (χ0) is 22.5. The van der Waals surface area contributed by atoms with Gasteiger partial charge in [-0.1, -0.05) is 27.5 Å². The van der Waals surface area contributed by atoms with Crippen molar-refractivity contribution in [1.29, 1.82) is 0 Å². The molecule has 10 heteroatoms. The average molecular weight is 526 g/mol. The Labute approximate surface area is 196 Å². The van der Waals surface area contributed by atoms with Gasteiger partial charge in [-0.15, -0.1) is 10.2 Å². The molecule has 0 bridgehead atoms. The second kappa shape index (κ2) is 10.2. The minimum Gasteiger partial charge on any atom is -0.496 e. The lowest BCUT2D eigenvalue weighted by molar-refractivity contribution is -0.131. The Hall–Kier alpha value is -2.49. The summed E-state index contributed by atoms with van der Waals surface area (Å²) in [6.07, 6.45) is 1.43. The molecule has 162 valence electrons. The van der Waals surface area contributed by atoms with Crippen LogP contribution in [0.4, 0.5) is 0 Å². The number of aliphatic carboxylic acids is 1. The van der Waals surface area contributed by atoms with Gasteiger partial charge in [0.25, 0.3) is 11.1 Å². The lowest BCUT2D eigenvalue weighted by Gasteiger charge is -2.13. The first-order valence-electron chi connectivity index (χ1n) is 9.03. The summed E-state index contributed by atoms with van der Waals surface area (Å²) in [6.45, 7) is 3.79. The van der Waals surface area contributed by atoms with Crippen LogP contribution in [0.15, 0.2) is 55.4 Å². The minimum absolute atomic E-state index is 0.0139. The largest absolute Gasteiger partial charge is 0.496 e. The molecule has 0 fully saturated rings. The van der Waals surface area contributed by atoms with Crippen molar-refractivity contribution in [3.8, 4) is 23.0 Å². The standard InChI is InChI=1S/C21H18BrClN2O5S/c1-11(2)29-16-6-4-13(22)8-12(16)9-18(20(26)27)31-21-25-24-19(30-21)15-10-14(23)5-7-17(15)28-3/h4-11H,1-3H3,(H,26,27)/b18-9+. The Morgan fingerprint density at radius 2 is 1.97 bits per heavy atom. The fourth-order valence-electron chi connectivity index (χ4n) is 2.57. The quantitative estimate of drug-likeness (QED) is 0.276. The molecule has 1 N–H and O–H groups in total. The van der Waals surface area contributed by atoms with Crippen molar-refractivity contribution in [1.82, 2.24) is 10.2 Å². The van der Waals surface area contributed by atoms with Crippen molar-refractivity contribution in [2.75, 3.05) is 7.11 Å². The van der Waals surface area contributed by atoms with Crippen LogP contribution in [0.25, 0.3) is 17.5 Å². The average Bonchev–Trinajstić information content (AvgIpc) is 3.17. The van der Waals surface area contributed by atoms with Gasteiger partial charge < -0.3 is 19.0 Å². The number of carboxylic acids is 1. The molecule has 0 atom stereocenters. The predicted molar refractivity (Wildman–Crippen MR) is 123 cm³/mol. The highest BCUT2D eigenvalue weighted by atomic mass is 79.9. The normalized spacial score (nSPS) is 11.6. The predicted octanol–water partition coefficient (Wildman–Crippen LogP) is 6.17. The van der Waals surface area contributed by atoms with Crippen LogP contribution in [0.3, 0.4) is 0 Å². The van der Waals surface area contributed by atoms with Crippen LogP contribution < -0.4 is 9.47 Å². The number of nitrogens with zero attached hydrogens (tertiary/aromatic N) is 2. The van der Waals surface area contributed by atoms with Crippen LogP contribution >= 0.6 is 39.3 Å². The molecule has 0 unspecified atom stereocenters. The van der Waals surface area contributed by atoms with E-state index in [0.29, 0.717) is 27.6 Å². The van der Waals surface area contributed by atoms with Crippen molar-refractivity contribution in [3.63, 3.8) is 0 Å². The number of thioether (sulfide) groups is 1. The Kier molecular flexibility index (Phi) is 7.64. The molecule has 1 aromatic heterocycles. The molecule has 0 aliphatic carbocycles. The number of hydrogen-bond acceptors (Lipinski definition) is 7. The van der Waals surface area contributed by atoms with E-state index in [1.807, 2.05) is 19.9 Å². The number of ether oxygens (including phenoxy) is 2. The molecule has 31 heavy (non-hydrogen) atoms. The van der Waals surface area contributed by atoms with Crippen LogP contribution in [-0.4, -0.2) is 34.5 Å². The summed E-state index contributed by atoms with van der Waals surface area (Å²) >= 11 is 10.3. The number of carbonyl (C=O) groups is 1. The van der Waals surface area contributed by atoms with Crippen LogP contribution in [0, 0.1) is 0 Å². The molecule has 0 aliphatic heterocycles. The summed E-state index contributed by atoms with van der Waals surface area (Å²) < 4.78 is 17.5. The molecular formula is C21H18BrClN2O5S. The molecule has 1 heterocycles. The summed E-state index contributed by atoms with van der Waals surface area (Å²) in [5, 5.41) is 18.2. The van der Waals surface area contributed by atoms with Gasteiger partial charge in [0.2, 0.25) is 0 Å². The van der Waals surface area contributed by atoms with Crippen molar-refractivity contribution >= 4 is 51.3 Å². The van der Waals surface area contributed by atoms with Crippen molar-refractivity contribution in [2.45, 2.75) is 25.2 Å². The number of aromatic nitrogens is 2. The van der Waals surface area contributed by atoms with Crippen molar-refractivity contribution in [2.24, 2.45) is 0 Å². The summed E-state index contributed by atoms with van der Waals surface area (Å²) in [7, 11) is 1.51. The SMILES string of the molecule is COc1ccc(Cl)cc1-c1nnc(S/C(=C/c2cc(Br)ccc2OC(C)C)C(=O)O)o1. The molecule has 0 radical (unpaired) electrons. The molecule has 3 aromatic rings. The van der Waals surface area contributed by atoms with E-state index in [1.165, 1.54) is 13.2 Å². The maximum Gasteiger partial charge on any atom is 0.342 e. The number of benzene rings is 2. The zero-order valence-electron chi connectivity index (χ0n) is 16.8. The highest BCUT2D eigenvalue weighted by Crippen LogP contribution is 2.36. The first-order chi connectivity index (χ1) is 14.8. The lowest BCUT2D eigenvalue weighted by Crippen LogP contribution is -2.07. The number of hydrogen-bond donors (Lipinski definition) is 1. The molecule has 0 saturated carbocycles. The van der Waals surface area contributed by atoms with Gasteiger partial charge in [-0.05, 0) is 68.1 Å². The van der Waals surface area contributed by atoms with Gasteiger partial charge in [0.05, 0.1) is 18.8 Å². The van der Waals surface area contributed by atoms with Gasteiger partial charge in [-0.25, -0.2) is 4.79 Å². The summed E-state index contributed by atoms with van der Waals surface area (Å²) in [5.41, 5.74) is 1.11. The molecule has 3 rings (SSSR count). The van der Waals surface area contributed by atoms with Gasteiger partial charge >= 0.3 is 5.97 Å². The third kappa shape index (κ3) is 6.03. The molecule has 0 spiro atoms. The summed E-state index contributed by atoms with van der Waals surface area (Å²) in [4.78, 5) is 11.9. The van der Waals surface area contributed by atoms with Gasteiger partial charge in [-0.2, -0.15) is 0 Å². The fourth-order valence-corrected chi connectivity index (χ4v) is 3.79. The first kappa shape index (κ1) is 23.2. The Morgan fingerprint density at radius 3 is 2.65 bits per heavy atom. The highest BCUT2D eigenvalue weighted by molar-refractivity contribution is 9.10. The van der Waals surface area contributed by atoms with Crippen LogP contribution in [0.2, 0.25) is 5.02 Å². The Balaban J connectivity index is 1.94. The Bertz CT molecular complexity index is 1130. The van der Waals surface area contributed by atoms with Crippen molar-refractivity contribution in [3.05, 3.63) is 56.4 Å². The lowest BCUT2D eigenvalue weighted by atomic mass is 10.2. The maximum absolute atomic E-state index is 11.9. The highest BCUT2D eigenvalue weighted by Gasteiger charge is 2.19. The van der Waals surface area contributed by atoms with Crippen LogP contribution in [0.5, 0.6) is 11.5 Å². The topological polar surface area (TPSA) is 94.7 Å². The molecule has 2 aromatic carbocycles. The van der Waals surface area contributed by atoms with E-state index in [9.17, 15) is 9.90 Å². The molecule has 7 nitrogen and oxygen atoms in total. The third-order valence-electron chi connectivity index (χ3n) is 3.83. The van der Waals surface area contributed by atoms with E-state index in [1.54, 1.807) is 30.3 Å². The first-order valence-corrected chi connectivity index (χ1v) is 11.0. The van der Waals surface area contributed by atoms with Gasteiger partial charge in [-0.3, -0.25) is 0 Å². The van der Waals surface area contributed by atoms with Crippen LogP contribution in [-0.2, 0) is 4.79 Å². The smallest absolute Gasteiger partial charge is 0.342 e. The van der Waals surface area contributed by atoms with E-state index >= 15 is 0 Å².